The maximum Gasteiger partial charge on any atom is 0.334 e. The van der Waals surface area contributed by atoms with Gasteiger partial charge in [-0.25, -0.2) is 4.79 Å². The lowest BCUT2D eigenvalue weighted by Crippen LogP contribution is -2.14. The molecule has 0 radical (unpaired) electrons. The standard InChI is InChI=1S/C10H16O5/c1-7(2)5-8(6-9(12)13)10(14)15-4-3-11/h5,7,11H,3-4,6H2,1-2H3,(H,12,13). The minimum atomic E-state index is -1.08. The summed E-state index contributed by atoms with van der Waals surface area (Å²) in [7, 11) is 0. The van der Waals surface area contributed by atoms with Crippen LogP contribution in [-0.2, 0) is 14.3 Å². The van der Waals surface area contributed by atoms with E-state index in [0.717, 1.165) is 0 Å². The highest BCUT2D eigenvalue weighted by Gasteiger charge is 2.14. The fourth-order valence-electron chi connectivity index (χ4n) is 0.995. The van der Waals surface area contributed by atoms with Gasteiger partial charge in [-0.05, 0) is 5.92 Å². The average Bonchev–Trinajstić information content (AvgIpc) is 2.11. The van der Waals surface area contributed by atoms with Gasteiger partial charge in [-0.1, -0.05) is 19.9 Å². The number of aliphatic hydroxyl groups is 1. The molecule has 0 aliphatic rings. The molecule has 5 heteroatoms. The second-order valence-electron chi connectivity index (χ2n) is 3.37. The smallest absolute Gasteiger partial charge is 0.334 e. The Kier molecular flexibility index (Phi) is 6.37. The van der Waals surface area contributed by atoms with Gasteiger partial charge < -0.3 is 14.9 Å². The maximum atomic E-state index is 11.3. The number of rotatable bonds is 6. The van der Waals surface area contributed by atoms with Gasteiger partial charge in [0, 0.05) is 5.57 Å². The summed E-state index contributed by atoms with van der Waals surface area (Å²) in [5, 5.41) is 17.0. The summed E-state index contributed by atoms with van der Waals surface area (Å²) in [5.41, 5.74) is 0.117. The predicted octanol–water partition coefficient (Wildman–Crippen LogP) is 0.579. The third-order valence-corrected chi connectivity index (χ3v) is 1.46. The summed E-state index contributed by atoms with van der Waals surface area (Å²) in [6.45, 7) is 3.28. The lowest BCUT2D eigenvalue weighted by Gasteiger charge is -2.06. The zero-order valence-corrected chi connectivity index (χ0v) is 8.90. The molecule has 2 N–H and O–H groups in total. The third-order valence-electron chi connectivity index (χ3n) is 1.46. The van der Waals surface area contributed by atoms with E-state index in [1.54, 1.807) is 6.08 Å². The second kappa shape index (κ2) is 7.00. The number of allylic oxidation sites excluding steroid dienone is 1. The number of carbonyl (C=O) groups excluding carboxylic acids is 1. The molecule has 0 saturated carbocycles. The quantitative estimate of drug-likeness (QED) is 0.501. The van der Waals surface area contributed by atoms with Crippen LogP contribution in [0.3, 0.4) is 0 Å². The number of carboxylic acids is 1. The zero-order valence-electron chi connectivity index (χ0n) is 8.90. The van der Waals surface area contributed by atoms with Crippen LogP contribution in [0.1, 0.15) is 20.3 Å². The van der Waals surface area contributed by atoms with Crippen LogP contribution in [0.25, 0.3) is 0 Å². The summed E-state index contributed by atoms with van der Waals surface area (Å²) < 4.78 is 4.63. The van der Waals surface area contributed by atoms with Crippen LogP contribution >= 0.6 is 0 Å². The molecule has 86 valence electrons. The normalized spacial score (nSPS) is 11.6. The molecule has 0 aliphatic heterocycles. The van der Waals surface area contributed by atoms with Crippen molar-refractivity contribution in [3.05, 3.63) is 11.6 Å². The number of carboxylic acid groups (broad SMARTS) is 1. The fourth-order valence-corrected chi connectivity index (χ4v) is 0.995. The van der Waals surface area contributed by atoms with Crippen molar-refractivity contribution in [3.63, 3.8) is 0 Å². The molecule has 0 rings (SSSR count). The van der Waals surface area contributed by atoms with Gasteiger partial charge in [0.1, 0.15) is 6.61 Å². The van der Waals surface area contributed by atoms with Crippen molar-refractivity contribution in [2.24, 2.45) is 5.92 Å². The molecule has 0 spiro atoms. The Morgan fingerprint density at radius 2 is 2.00 bits per heavy atom. The molecule has 0 aromatic carbocycles. The van der Waals surface area contributed by atoms with Crippen LogP contribution in [0.4, 0.5) is 0 Å². The van der Waals surface area contributed by atoms with Crippen molar-refractivity contribution >= 4 is 11.9 Å². The second-order valence-corrected chi connectivity index (χ2v) is 3.37. The molecule has 0 aromatic rings. The molecule has 0 saturated heterocycles. The van der Waals surface area contributed by atoms with Gasteiger partial charge in [-0.15, -0.1) is 0 Å². The summed E-state index contributed by atoms with van der Waals surface area (Å²) in [4.78, 5) is 21.8. The van der Waals surface area contributed by atoms with Crippen molar-refractivity contribution in [3.8, 4) is 0 Å². The first-order chi connectivity index (χ1) is 6.97. The summed E-state index contributed by atoms with van der Waals surface area (Å²) >= 11 is 0. The first kappa shape index (κ1) is 13.6. The van der Waals surface area contributed by atoms with Crippen LogP contribution in [0.5, 0.6) is 0 Å². The van der Waals surface area contributed by atoms with E-state index in [9.17, 15) is 9.59 Å². The monoisotopic (exact) mass is 216 g/mol. The van der Waals surface area contributed by atoms with Crippen LogP contribution < -0.4 is 0 Å². The van der Waals surface area contributed by atoms with Crippen molar-refractivity contribution in [1.29, 1.82) is 0 Å². The van der Waals surface area contributed by atoms with E-state index in [1.807, 2.05) is 13.8 Å². The van der Waals surface area contributed by atoms with Gasteiger partial charge in [0.25, 0.3) is 0 Å². The minimum absolute atomic E-state index is 0.0704. The summed E-state index contributed by atoms with van der Waals surface area (Å²) in [5.74, 6) is -1.69. The number of aliphatic carboxylic acids is 1. The largest absolute Gasteiger partial charge is 0.481 e. The third kappa shape index (κ3) is 6.68. The van der Waals surface area contributed by atoms with E-state index in [4.69, 9.17) is 10.2 Å². The summed E-state index contributed by atoms with van der Waals surface area (Å²) in [6.07, 6.45) is 1.19. The highest BCUT2D eigenvalue weighted by molar-refractivity contribution is 5.93. The Balaban J connectivity index is 4.48. The SMILES string of the molecule is CC(C)C=C(CC(=O)O)C(=O)OCCO. The molecule has 5 nitrogen and oxygen atoms in total. The van der Waals surface area contributed by atoms with Crippen LogP contribution in [0, 0.1) is 5.92 Å². The molecule has 0 fully saturated rings. The molecule has 0 amide bonds. The first-order valence-electron chi connectivity index (χ1n) is 4.67. The number of ether oxygens (including phenoxy) is 1. The predicted molar refractivity (Wildman–Crippen MR) is 53.2 cm³/mol. The number of carbonyl (C=O) groups is 2. The minimum Gasteiger partial charge on any atom is -0.481 e. The molecule has 0 aliphatic carbocycles. The van der Waals surface area contributed by atoms with Crippen molar-refractivity contribution in [1.82, 2.24) is 0 Å². The van der Waals surface area contributed by atoms with Gasteiger partial charge in [0.05, 0.1) is 13.0 Å². The Morgan fingerprint density at radius 3 is 2.40 bits per heavy atom. The number of hydrogen-bond donors (Lipinski definition) is 2. The highest BCUT2D eigenvalue weighted by atomic mass is 16.5. The topological polar surface area (TPSA) is 83.8 Å². The molecular weight excluding hydrogens is 200 g/mol. The molecular formula is C10H16O5. The van der Waals surface area contributed by atoms with Gasteiger partial charge in [0.15, 0.2) is 0 Å². The van der Waals surface area contributed by atoms with Crippen molar-refractivity contribution < 1.29 is 24.5 Å². The molecule has 0 aromatic heterocycles. The van der Waals surface area contributed by atoms with Gasteiger partial charge in [-0.2, -0.15) is 0 Å². The van der Waals surface area contributed by atoms with E-state index < -0.39 is 11.9 Å². The van der Waals surface area contributed by atoms with E-state index >= 15 is 0 Å². The van der Waals surface area contributed by atoms with E-state index in [0.29, 0.717) is 0 Å². The molecule has 0 atom stereocenters. The Bertz CT molecular complexity index is 255. The van der Waals surface area contributed by atoms with E-state index in [2.05, 4.69) is 4.74 Å². The molecule has 0 heterocycles. The molecule has 15 heavy (non-hydrogen) atoms. The molecule has 0 bridgehead atoms. The van der Waals surface area contributed by atoms with Gasteiger partial charge in [-0.3, -0.25) is 4.79 Å². The van der Waals surface area contributed by atoms with Gasteiger partial charge in [0.2, 0.25) is 0 Å². The zero-order chi connectivity index (χ0) is 11.8. The van der Waals surface area contributed by atoms with Crippen LogP contribution in [-0.4, -0.2) is 35.4 Å². The first-order valence-corrected chi connectivity index (χ1v) is 4.67. The van der Waals surface area contributed by atoms with Crippen LogP contribution in [0.15, 0.2) is 11.6 Å². The Morgan fingerprint density at radius 1 is 1.40 bits per heavy atom. The summed E-state index contributed by atoms with van der Waals surface area (Å²) in [6, 6.07) is 0. The van der Waals surface area contributed by atoms with Crippen LogP contribution in [0.2, 0.25) is 0 Å². The number of esters is 1. The lowest BCUT2D eigenvalue weighted by atomic mass is 10.1. The fraction of sp³-hybridized carbons (Fsp3) is 0.600. The Hall–Kier alpha value is -1.36. The lowest BCUT2D eigenvalue weighted by molar-refractivity contribution is -0.143. The van der Waals surface area contributed by atoms with E-state index in [1.165, 1.54) is 0 Å². The Labute approximate surface area is 88.4 Å². The number of hydrogen-bond acceptors (Lipinski definition) is 4. The molecule has 0 unspecified atom stereocenters. The van der Waals surface area contributed by atoms with E-state index in [-0.39, 0.29) is 31.1 Å². The average molecular weight is 216 g/mol. The highest BCUT2D eigenvalue weighted by Crippen LogP contribution is 2.09. The van der Waals surface area contributed by atoms with Gasteiger partial charge >= 0.3 is 11.9 Å². The van der Waals surface area contributed by atoms with Crippen molar-refractivity contribution in [2.45, 2.75) is 20.3 Å². The number of aliphatic hydroxyl groups excluding tert-OH is 1. The van der Waals surface area contributed by atoms with Crippen molar-refractivity contribution in [2.75, 3.05) is 13.2 Å². The maximum absolute atomic E-state index is 11.3.